The molecule has 2 atom stereocenters. The molecule has 2 saturated heterocycles. The maximum Gasteiger partial charge on any atom is 0.308 e. The largest absolute Gasteiger partial charge is 0.481 e. The molecule has 1 N–H and O–H groups in total. The van der Waals surface area contributed by atoms with Crippen molar-refractivity contribution in [2.75, 3.05) is 24.5 Å². The predicted octanol–water partition coefficient (Wildman–Crippen LogP) is 1.25. The van der Waals surface area contributed by atoms with Gasteiger partial charge in [-0.15, -0.1) is 0 Å². The van der Waals surface area contributed by atoms with Gasteiger partial charge in [-0.3, -0.25) is 14.4 Å². The van der Waals surface area contributed by atoms with E-state index in [4.69, 9.17) is 5.11 Å². The molecule has 6 nitrogen and oxygen atoms in total. The molecule has 24 heavy (non-hydrogen) atoms. The lowest BCUT2D eigenvalue weighted by atomic mass is 10.1. The number of nitrogens with zero attached hydrogens (tertiary/aromatic N) is 2. The Hall–Kier alpha value is -2.51. The molecule has 1 aromatic rings. The second kappa shape index (κ2) is 6.18. The number of amides is 2. The SMILES string of the molecule is O=C(O)C1CCN(C(=O)C2CC(=O)N(c3ccc(F)cc3F)C2)C1. The van der Waals surface area contributed by atoms with Gasteiger partial charge in [-0.1, -0.05) is 0 Å². The van der Waals surface area contributed by atoms with Crippen LogP contribution in [0.5, 0.6) is 0 Å². The lowest BCUT2D eigenvalue weighted by molar-refractivity contribution is -0.141. The first-order chi connectivity index (χ1) is 11.4. The van der Waals surface area contributed by atoms with Crippen LogP contribution in [0.1, 0.15) is 12.8 Å². The van der Waals surface area contributed by atoms with E-state index in [1.54, 1.807) is 0 Å². The van der Waals surface area contributed by atoms with Crippen LogP contribution < -0.4 is 4.90 Å². The first kappa shape index (κ1) is 16.4. The highest BCUT2D eigenvalue weighted by atomic mass is 19.1. The summed E-state index contributed by atoms with van der Waals surface area (Å²) in [6, 6.07) is 2.92. The smallest absolute Gasteiger partial charge is 0.308 e. The van der Waals surface area contributed by atoms with Gasteiger partial charge in [0.15, 0.2) is 0 Å². The predicted molar refractivity (Wildman–Crippen MR) is 79.1 cm³/mol. The van der Waals surface area contributed by atoms with E-state index in [0.717, 1.165) is 11.0 Å². The Morgan fingerprint density at radius 1 is 1.17 bits per heavy atom. The molecule has 2 unspecified atom stereocenters. The summed E-state index contributed by atoms with van der Waals surface area (Å²) in [5.41, 5.74) is -0.0541. The first-order valence-electron chi connectivity index (χ1n) is 7.64. The molecule has 2 aliphatic rings. The van der Waals surface area contributed by atoms with E-state index < -0.39 is 35.3 Å². The topological polar surface area (TPSA) is 77.9 Å². The molecule has 2 amide bonds. The van der Waals surface area contributed by atoms with E-state index in [2.05, 4.69) is 0 Å². The van der Waals surface area contributed by atoms with Gasteiger partial charge in [0.2, 0.25) is 11.8 Å². The fourth-order valence-corrected chi connectivity index (χ4v) is 3.23. The van der Waals surface area contributed by atoms with Gasteiger partial charge in [-0.25, -0.2) is 8.78 Å². The molecule has 2 heterocycles. The highest BCUT2D eigenvalue weighted by Crippen LogP contribution is 2.30. The third-order valence-corrected chi connectivity index (χ3v) is 4.52. The molecule has 0 radical (unpaired) electrons. The fraction of sp³-hybridized carbons (Fsp3) is 0.438. The van der Waals surface area contributed by atoms with Crippen molar-refractivity contribution in [3.05, 3.63) is 29.8 Å². The monoisotopic (exact) mass is 338 g/mol. The van der Waals surface area contributed by atoms with Crippen molar-refractivity contribution in [2.24, 2.45) is 11.8 Å². The maximum absolute atomic E-state index is 13.9. The Balaban J connectivity index is 1.70. The highest BCUT2D eigenvalue weighted by molar-refractivity contribution is 6.00. The van der Waals surface area contributed by atoms with Gasteiger partial charge in [0.25, 0.3) is 0 Å². The van der Waals surface area contributed by atoms with Gasteiger partial charge in [0.05, 0.1) is 17.5 Å². The number of hydrogen-bond acceptors (Lipinski definition) is 3. The third-order valence-electron chi connectivity index (χ3n) is 4.52. The minimum Gasteiger partial charge on any atom is -0.481 e. The Morgan fingerprint density at radius 3 is 2.54 bits per heavy atom. The van der Waals surface area contributed by atoms with Crippen molar-refractivity contribution in [3.8, 4) is 0 Å². The van der Waals surface area contributed by atoms with Gasteiger partial charge in [0.1, 0.15) is 11.6 Å². The van der Waals surface area contributed by atoms with Crippen LogP contribution in [0.3, 0.4) is 0 Å². The number of rotatable bonds is 3. The summed E-state index contributed by atoms with van der Waals surface area (Å²) in [6.45, 7) is 0.476. The zero-order valence-electron chi connectivity index (χ0n) is 12.7. The van der Waals surface area contributed by atoms with Crippen LogP contribution in [0.25, 0.3) is 0 Å². The second-order valence-electron chi connectivity index (χ2n) is 6.11. The molecule has 2 aliphatic heterocycles. The third kappa shape index (κ3) is 2.95. The van der Waals surface area contributed by atoms with Gasteiger partial charge in [0, 0.05) is 32.1 Å². The number of carboxylic acids is 1. The quantitative estimate of drug-likeness (QED) is 0.900. The zero-order chi connectivity index (χ0) is 17.4. The molecule has 3 rings (SSSR count). The number of hydrogen-bond donors (Lipinski definition) is 1. The van der Waals surface area contributed by atoms with Crippen molar-refractivity contribution >= 4 is 23.5 Å². The second-order valence-corrected chi connectivity index (χ2v) is 6.11. The van der Waals surface area contributed by atoms with Gasteiger partial charge in [-0.2, -0.15) is 0 Å². The number of carbonyl (C=O) groups is 3. The Kier molecular flexibility index (Phi) is 4.21. The van der Waals surface area contributed by atoms with E-state index in [9.17, 15) is 23.2 Å². The fourth-order valence-electron chi connectivity index (χ4n) is 3.23. The number of halogens is 2. The van der Waals surface area contributed by atoms with Gasteiger partial charge < -0.3 is 14.9 Å². The van der Waals surface area contributed by atoms with E-state index in [0.29, 0.717) is 19.0 Å². The van der Waals surface area contributed by atoms with E-state index >= 15 is 0 Å². The number of carbonyl (C=O) groups excluding carboxylic acids is 2. The van der Waals surface area contributed by atoms with Crippen LogP contribution in [-0.4, -0.2) is 47.4 Å². The van der Waals surface area contributed by atoms with E-state index in [1.807, 2.05) is 0 Å². The summed E-state index contributed by atoms with van der Waals surface area (Å²) in [5.74, 6) is -4.48. The Morgan fingerprint density at radius 2 is 1.92 bits per heavy atom. The summed E-state index contributed by atoms with van der Waals surface area (Å²) in [7, 11) is 0. The highest BCUT2D eigenvalue weighted by Gasteiger charge is 2.40. The van der Waals surface area contributed by atoms with Crippen LogP contribution >= 0.6 is 0 Å². The summed E-state index contributed by atoms with van der Waals surface area (Å²) in [4.78, 5) is 38.2. The Bertz CT molecular complexity index is 709. The molecular formula is C16H16F2N2O4. The molecule has 0 aliphatic carbocycles. The van der Waals surface area contributed by atoms with Crippen molar-refractivity contribution in [1.29, 1.82) is 0 Å². The average Bonchev–Trinajstić information content (AvgIpc) is 3.14. The molecule has 2 fully saturated rings. The summed E-state index contributed by atoms with van der Waals surface area (Å²) < 4.78 is 26.8. The zero-order valence-corrected chi connectivity index (χ0v) is 12.7. The van der Waals surface area contributed by atoms with Crippen LogP contribution in [0, 0.1) is 23.5 Å². The maximum atomic E-state index is 13.9. The van der Waals surface area contributed by atoms with Crippen LogP contribution in [0.2, 0.25) is 0 Å². The van der Waals surface area contributed by atoms with Crippen molar-refractivity contribution in [3.63, 3.8) is 0 Å². The molecule has 128 valence electrons. The molecule has 0 bridgehead atoms. The first-order valence-corrected chi connectivity index (χ1v) is 7.64. The van der Waals surface area contributed by atoms with E-state index in [1.165, 1.54) is 11.0 Å². The minimum absolute atomic E-state index is 0.00839. The number of aliphatic carboxylic acids is 1. The van der Waals surface area contributed by atoms with Crippen molar-refractivity contribution < 1.29 is 28.3 Å². The molecule has 1 aromatic carbocycles. The number of anilines is 1. The van der Waals surface area contributed by atoms with Crippen LogP contribution in [-0.2, 0) is 14.4 Å². The van der Waals surface area contributed by atoms with Crippen molar-refractivity contribution in [1.82, 2.24) is 4.90 Å². The lowest BCUT2D eigenvalue weighted by Crippen LogP contribution is -2.36. The summed E-state index contributed by atoms with van der Waals surface area (Å²) in [5, 5.41) is 8.99. The molecular weight excluding hydrogens is 322 g/mol. The summed E-state index contributed by atoms with van der Waals surface area (Å²) in [6.07, 6.45) is 0.321. The average molecular weight is 338 g/mol. The molecule has 0 spiro atoms. The lowest BCUT2D eigenvalue weighted by Gasteiger charge is -2.21. The normalized spacial score (nSPS) is 23.8. The molecule has 0 saturated carbocycles. The van der Waals surface area contributed by atoms with E-state index in [-0.39, 0.29) is 31.1 Å². The number of benzene rings is 1. The number of likely N-dealkylation sites (tertiary alicyclic amines) is 1. The van der Waals surface area contributed by atoms with Gasteiger partial charge >= 0.3 is 5.97 Å². The Labute approximate surface area is 136 Å². The standard InChI is InChI=1S/C16H16F2N2O4/c17-11-1-2-13(12(18)6-11)20-8-10(5-14(20)21)15(22)19-4-3-9(7-19)16(23)24/h1-2,6,9-10H,3-5,7-8H2,(H,23,24). The minimum atomic E-state index is -0.942. The van der Waals surface area contributed by atoms with Gasteiger partial charge in [-0.05, 0) is 18.6 Å². The van der Waals surface area contributed by atoms with Crippen LogP contribution in [0.4, 0.5) is 14.5 Å². The number of carboxylic acid groups (broad SMARTS) is 1. The molecule has 8 heteroatoms. The summed E-state index contributed by atoms with van der Waals surface area (Å²) >= 11 is 0. The van der Waals surface area contributed by atoms with Crippen molar-refractivity contribution in [2.45, 2.75) is 12.8 Å². The molecule has 0 aromatic heterocycles. The van der Waals surface area contributed by atoms with Crippen LogP contribution in [0.15, 0.2) is 18.2 Å².